The molecule has 6 heteroatoms. The molecule has 0 saturated heterocycles. The van der Waals surface area contributed by atoms with Crippen LogP contribution in [-0.4, -0.2) is 33.1 Å². The van der Waals surface area contributed by atoms with Crippen molar-refractivity contribution in [3.8, 4) is 5.75 Å². The molecule has 0 aliphatic rings. The van der Waals surface area contributed by atoms with Gasteiger partial charge >= 0.3 is 0 Å². The Labute approximate surface area is 90.2 Å². The molecule has 0 heterocycles. The second-order valence-corrected chi connectivity index (χ2v) is 3.46. The number of phenols is 1. The lowest BCUT2D eigenvalue weighted by Crippen LogP contribution is -2.22. The largest absolute Gasteiger partial charge is 0.505 e. The van der Waals surface area contributed by atoms with E-state index in [2.05, 4.69) is 0 Å². The Balaban J connectivity index is 3.13. The zero-order valence-electron chi connectivity index (χ0n) is 7.56. The van der Waals surface area contributed by atoms with E-state index in [9.17, 15) is 14.6 Å². The van der Waals surface area contributed by atoms with Crippen LogP contribution in [0.15, 0.2) is 12.1 Å². The lowest BCUT2D eigenvalue weighted by atomic mass is 10.0. The summed E-state index contributed by atoms with van der Waals surface area (Å²) in [5.41, 5.74) is -0.262. The van der Waals surface area contributed by atoms with E-state index < -0.39 is 30.4 Å². The van der Waals surface area contributed by atoms with Crippen LogP contribution in [0.1, 0.15) is 11.7 Å². The molecule has 1 rings (SSSR count). The minimum Gasteiger partial charge on any atom is -0.505 e. The third-order valence-corrected chi connectivity index (χ3v) is 2.15. The maximum Gasteiger partial charge on any atom is 0.166 e. The zero-order valence-corrected chi connectivity index (χ0v) is 8.32. The fraction of sp³-hybridized carbons (Fsp3) is 0.333. The topological polar surface area (TPSA) is 80.9 Å². The molecule has 0 radical (unpaired) electrons. The average molecular weight is 237 g/mol. The van der Waals surface area contributed by atoms with Crippen molar-refractivity contribution < 1.29 is 24.8 Å². The minimum atomic E-state index is -1.59. The van der Waals surface area contributed by atoms with Crippen LogP contribution in [-0.2, 0) is 0 Å². The predicted molar refractivity (Wildman–Crippen MR) is 51.1 cm³/mol. The van der Waals surface area contributed by atoms with Crippen LogP contribution < -0.4 is 0 Å². The van der Waals surface area contributed by atoms with Crippen molar-refractivity contribution in [1.82, 2.24) is 0 Å². The third kappa shape index (κ3) is 2.57. The van der Waals surface area contributed by atoms with Crippen LogP contribution in [0.3, 0.4) is 0 Å². The van der Waals surface area contributed by atoms with Gasteiger partial charge in [0.05, 0.1) is 6.61 Å². The van der Waals surface area contributed by atoms with Crippen molar-refractivity contribution in [2.45, 2.75) is 12.2 Å². The Kier molecular flexibility index (Phi) is 3.87. The van der Waals surface area contributed by atoms with E-state index in [0.29, 0.717) is 0 Å². The Hall–Kier alpha value is -0.880. The molecule has 15 heavy (non-hydrogen) atoms. The number of hydrogen-bond acceptors (Lipinski definition) is 4. The summed E-state index contributed by atoms with van der Waals surface area (Å²) in [7, 11) is 0. The van der Waals surface area contributed by atoms with Crippen LogP contribution in [0.2, 0.25) is 5.02 Å². The molecule has 0 spiro atoms. The summed E-state index contributed by atoms with van der Waals surface area (Å²) in [5.74, 6) is -1.79. The Bertz CT molecular complexity index is 358. The predicted octanol–water partition coefficient (Wildman–Crippen LogP) is 0.571. The number of phenolic OH excluding ortho intramolecular Hbond substituents is 1. The van der Waals surface area contributed by atoms with E-state index in [4.69, 9.17) is 21.8 Å². The standard InChI is InChI=1S/C9H10ClFO4/c10-4-1-5(8(14)6(11)2-4)9(15)7(13)3-12/h1-2,7,9,12-15H,3H2. The van der Waals surface area contributed by atoms with Gasteiger partial charge in [-0.3, -0.25) is 0 Å². The van der Waals surface area contributed by atoms with Crippen LogP contribution in [0.5, 0.6) is 5.75 Å². The molecule has 2 atom stereocenters. The van der Waals surface area contributed by atoms with Crippen molar-refractivity contribution in [2.24, 2.45) is 0 Å². The van der Waals surface area contributed by atoms with Gasteiger partial charge in [0.1, 0.15) is 12.2 Å². The Morgan fingerprint density at radius 1 is 1.33 bits per heavy atom. The molecule has 4 nitrogen and oxygen atoms in total. The minimum absolute atomic E-state index is 0.0236. The van der Waals surface area contributed by atoms with Gasteiger partial charge in [0, 0.05) is 10.6 Å². The number of aliphatic hydroxyl groups excluding tert-OH is 3. The van der Waals surface area contributed by atoms with Gasteiger partial charge in [0.2, 0.25) is 0 Å². The van der Waals surface area contributed by atoms with E-state index in [0.717, 1.165) is 12.1 Å². The molecule has 0 aliphatic carbocycles. The van der Waals surface area contributed by atoms with Gasteiger partial charge in [-0.15, -0.1) is 0 Å². The SMILES string of the molecule is OCC(O)C(O)c1cc(Cl)cc(F)c1O. The summed E-state index contributed by atoms with van der Waals surface area (Å²) in [4.78, 5) is 0. The Morgan fingerprint density at radius 2 is 1.93 bits per heavy atom. The number of halogens is 2. The molecule has 84 valence electrons. The molecular formula is C9H10ClFO4. The van der Waals surface area contributed by atoms with E-state index in [-0.39, 0.29) is 10.6 Å². The Morgan fingerprint density at radius 3 is 2.47 bits per heavy atom. The molecule has 4 N–H and O–H groups in total. The van der Waals surface area contributed by atoms with Gasteiger partial charge < -0.3 is 20.4 Å². The van der Waals surface area contributed by atoms with Crippen LogP contribution >= 0.6 is 11.6 Å². The number of benzene rings is 1. The molecule has 0 fully saturated rings. The first-order valence-electron chi connectivity index (χ1n) is 4.12. The van der Waals surface area contributed by atoms with Gasteiger partial charge in [0.25, 0.3) is 0 Å². The summed E-state index contributed by atoms with van der Waals surface area (Å²) in [6.07, 6.45) is -3.10. The van der Waals surface area contributed by atoms with E-state index in [1.807, 2.05) is 0 Å². The zero-order chi connectivity index (χ0) is 11.6. The highest BCUT2D eigenvalue weighted by atomic mass is 35.5. The van der Waals surface area contributed by atoms with Crippen LogP contribution in [0.25, 0.3) is 0 Å². The van der Waals surface area contributed by atoms with Gasteiger partial charge in [-0.25, -0.2) is 4.39 Å². The quantitative estimate of drug-likeness (QED) is 0.619. The number of hydrogen-bond donors (Lipinski definition) is 4. The highest BCUT2D eigenvalue weighted by Crippen LogP contribution is 2.31. The first-order chi connectivity index (χ1) is 6.97. The number of rotatable bonds is 3. The maximum absolute atomic E-state index is 13.0. The lowest BCUT2D eigenvalue weighted by molar-refractivity contribution is -0.0164. The molecule has 0 amide bonds. The average Bonchev–Trinajstić information content (AvgIpc) is 2.21. The normalized spacial score (nSPS) is 15.0. The molecule has 0 bridgehead atoms. The summed E-state index contributed by atoms with van der Waals surface area (Å²) >= 11 is 5.51. The van der Waals surface area contributed by atoms with Crippen molar-refractivity contribution in [3.63, 3.8) is 0 Å². The first kappa shape index (κ1) is 12.2. The van der Waals surface area contributed by atoms with Crippen LogP contribution in [0.4, 0.5) is 4.39 Å². The second-order valence-electron chi connectivity index (χ2n) is 3.02. The van der Waals surface area contributed by atoms with Crippen molar-refractivity contribution in [2.75, 3.05) is 6.61 Å². The second kappa shape index (κ2) is 4.76. The maximum atomic E-state index is 13.0. The highest BCUT2D eigenvalue weighted by Gasteiger charge is 2.23. The summed E-state index contributed by atoms with van der Waals surface area (Å²) in [6.45, 7) is -0.714. The first-order valence-corrected chi connectivity index (χ1v) is 4.50. The van der Waals surface area contributed by atoms with Gasteiger partial charge in [-0.1, -0.05) is 11.6 Å². The summed E-state index contributed by atoms with van der Waals surface area (Å²) in [5, 5.41) is 36.3. The molecule has 0 aliphatic heterocycles. The van der Waals surface area contributed by atoms with Gasteiger partial charge in [-0.05, 0) is 12.1 Å². The van der Waals surface area contributed by atoms with Gasteiger partial charge in [0.15, 0.2) is 11.6 Å². The number of aliphatic hydroxyl groups is 3. The molecule has 0 aromatic heterocycles. The molecular weight excluding hydrogens is 227 g/mol. The summed E-state index contributed by atoms with van der Waals surface area (Å²) in [6, 6.07) is 1.99. The van der Waals surface area contributed by atoms with E-state index in [1.165, 1.54) is 0 Å². The van der Waals surface area contributed by atoms with Crippen molar-refractivity contribution in [1.29, 1.82) is 0 Å². The third-order valence-electron chi connectivity index (χ3n) is 1.93. The van der Waals surface area contributed by atoms with Crippen molar-refractivity contribution >= 4 is 11.6 Å². The highest BCUT2D eigenvalue weighted by molar-refractivity contribution is 6.30. The molecule has 0 saturated carbocycles. The van der Waals surface area contributed by atoms with Crippen molar-refractivity contribution in [3.05, 3.63) is 28.5 Å². The van der Waals surface area contributed by atoms with E-state index >= 15 is 0 Å². The van der Waals surface area contributed by atoms with E-state index in [1.54, 1.807) is 0 Å². The number of aromatic hydroxyl groups is 1. The lowest BCUT2D eigenvalue weighted by Gasteiger charge is -2.17. The smallest absolute Gasteiger partial charge is 0.166 e. The summed E-state index contributed by atoms with van der Waals surface area (Å²) < 4.78 is 13.0. The molecule has 2 unspecified atom stereocenters. The fourth-order valence-electron chi connectivity index (χ4n) is 1.12. The fourth-order valence-corrected chi connectivity index (χ4v) is 1.33. The molecule has 1 aromatic carbocycles. The van der Waals surface area contributed by atoms with Gasteiger partial charge in [-0.2, -0.15) is 0 Å². The molecule has 1 aromatic rings. The van der Waals surface area contributed by atoms with Crippen LogP contribution in [0, 0.1) is 5.82 Å². The monoisotopic (exact) mass is 236 g/mol.